The molecule has 152 valence electrons. The van der Waals surface area contributed by atoms with Crippen molar-refractivity contribution in [1.82, 2.24) is 21.0 Å². The number of fused-ring (bicyclic) bond motifs is 1. The first-order valence-electron chi connectivity index (χ1n) is 8.49. The van der Waals surface area contributed by atoms with E-state index in [1.165, 1.54) is 11.3 Å². The monoisotopic (exact) mass is 478 g/mol. The fourth-order valence-electron chi connectivity index (χ4n) is 2.48. The second-order valence-electron chi connectivity index (χ2n) is 5.91. The predicted octanol–water partition coefficient (Wildman–Crippen LogP) is 4.81. The van der Waals surface area contributed by atoms with E-state index in [0.717, 1.165) is 27.4 Å². The molecule has 0 saturated heterocycles. The molecule has 4 aromatic rings. The number of benzene rings is 2. The Morgan fingerprint density at radius 1 is 1.03 bits per heavy atom. The van der Waals surface area contributed by atoms with Gasteiger partial charge in [-0.05, 0) is 30.3 Å². The van der Waals surface area contributed by atoms with Gasteiger partial charge in [0.2, 0.25) is 11.8 Å². The molecule has 11 heteroatoms. The number of carbonyl (C=O) groups excluding carboxylic acids is 2. The maximum absolute atomic E-state index is 12.3. The molecule has 0 aliphatic rings. The normalized spacial score (nSPS) is 10.9. The van der Waals surface area contributed by atoms with Crippen molar-refractivity contribution >= 4 is 68.2 Å². The van der Waals surface area contributed by atoms with E-state index in [4.69, 9.17) is 27.6 Å². The molecule has 0 unspecified atom stereocenters. The Bertz CT molecular complexity index is 1220. The Hall–Kier alpha value is -2.59. The molecule has 2 aromatic heterocycles. The lowest BCUT2D eigenvalue weighted by Gasteiger charge is -2.05. The summed E-state index contributed by atoms with van der Waals surface area (Å²) in [6.45, 7) is 0. The van der Waals surface area contributed by atoms with Crippen molar-refractivity contribution in [2.24, 2.45) is 0 Å². The lowest BCUT2D eigenvalue weighted by Crippen LogP contribution is -2.42. The smallest absolute Gasteiger partial charge is 0.281 e. The molecule has 0 fully saturated rings. The molecule has 0 radical (unpaired) electrons. The van der Waals surface area contributed by atoms with Crippen molar-refractivity contribution in [3.05, 3.63) is 63.5 Å². The number of halogens is 2. The number of carbonyl (C=O) groups is 2. The van der Waals surface area contributed by atoms with Crippen molar-refractivity contribution in [2.45, 2.75) is 5.22 Å². The predicted molar refractivity (Wildman–Crippen MR) is 118 cm³/mol. The van der Waals surface area contributed by atoms with Crippen LogP contribution in [0, 0.1) is 0 Å². The number of rotatable bonds is 5. The van der Waals surface area contributed by atoms with Gasteiger partial charge in [0.25, 0.3) is 11.1 Å². The first-order valence-corrected chi connectivity index (χ1v) is 11.1. The topological polar surface area (TPSA) is 97.1 Å². The Kier molecular flexibility index (Phi) is 6.24. The van der Waals surface area contributed by atoms with Gasteiger partial charge < -0.3 is 4.42 Å². The lowest BCUT2D eigenvalue weighted by atomic mass is 10.2. The highest BCUT2D eigenvalue weighted by Gasteiger charge is 2.18. The number of hydrogen-bond donors (Lipinski definition) is 2. The number of nitrogens with one attached hydrogen (secondary N) is 2. The fourth-order valence-corrected chi connectivity index (χ4v) is 4.59. The van der Waals surface area contributed by atoms with Crippen LogP contribution in [0.25, 0.3) is 21.5 Å². The summed E-state index contributed by atoms with van der Waals surface area (Å²) < 4.78 is 6.41. The van der Waals surface area contributed by atoms with E-state index in [-0.39, 0.29) is 11.0 Å². The molecule has 0 saturated carbocycles. The minimum Gasteiger partial charge on any atom is -0.411 e. The first kappa shape index (κ1) is 20.7. The summed E-state index contributed by atoms with van der Waals surface area (Å²) in [5.41, 5.74) is 5.44. The molecule has 0 bridgehead atoms. The average Bonchev–Trinajstić information content (AvgIpc) is 3.36. The molecule has 0 atom stereocenters. The summed E-state index contributed by atoms with van der Waals surface area (Å²) in [5.74, 6) is -0.621. The molecule has 2 amide bonds. The van der Waals surface area contributed by atoms with Crippen LogP contribution >= 0.6 is 46.3 Å². The third-order valence-electron chi connectivity index (χ3n) is 3.88. The van der Waals surface area contributed by atoms with Crippen molar-refractivity contribution in [3.63, 3.8) is 0 Å². The standard InChI is InChI=1S/C19H12Cl2N4O3S2/c20-11-7-5-10(6-8-11)18-24-25-19(28-18)29-9-14(26)22-23-17(27)16-15(21)12-3-1-2-4-13(12)30-16/h1-8H,9H2,(H,22,26)(H,23,27). The number of aromatic nitrogens is 2. The van der Waals surface area contributed by atoms with Gasteiger partial charge in [-0.15, -0.1) is 21.5 Å². The van der Waals surface area contributed by atoms with Gasteiger partial charge in [-0.1, -0.05) is 53.2 Å². The van der Waals surface area contributed by atoms with Crippen molar-refractivity contribution in [2.75, 3.05) is 5.75 Å². The zero-order valence-electron chi connectivity index (χ0n) is 15.0. The van der Waals surface area contributed by atoms with Crippen LogP contribution < -0.4 is 10.9 Å². The molecule has 4 rings (SSSR count). The highest BCUT2D eigenvalue weighted by Crippen LogP contribution is 2.34. The van der Waals surface area contributed by atoms with E-state index in [0.29, 0.717) is 20.8 Å². The summed E-state index contributed by atoms with van der Waals surface area (Å²) in [6.07, 6.45) is 0. The van der Waals surface area contributed by atoms with E-state index >= 15 is 0 Å². The minimum absolute atomic E-state index is 0.0251. The van der Waals surface area contributed by atoms with E-state index in [1.54, 1.807) is 24.3 Å². The van der Waals surface area contributed by atoms with Crippen LogP contribution in [0.2, 0.25) is 10.0 Å². The van der Waals surface area contributed by atoms with E-state index in [2.05, 4.69) is 21.0 Å². The average molecular weight is 479 g/mol. The van der Waals surface area contributed by atoms with Gasteiger partial charge in [-0.25, -0.2) is 0 Å². The first-order chi connectivity index (χ1) is 14.5. The van der Waals surface area contributed by atoms with E-state index in [1.807, 2.05) is 24.3 Å². The van der Waals surface area contributed by atoms with Crippen LogP contribution in [0.5, 0.6) is 0 Å². The summed E-state index contributed by atoms with van der Waals surface area (Å²) in [5, 5.41) is 9.82. The maximum atomic E-state index is 12.3. The zero-order chi connectivity index (χ0) is 21.1. The van der Waals surface area contributed by atoms with Gasteiger partial charge in [-0.3, -0.25) is 20.4 Å². The van der Waals surface area contributed by atoms with Crippen LogP contribution in [0.15, 0.2) is 58.2 Å². The lowest BCUT2D eigenvalue weighted by molar-refractivity contribution is -0.119. The van der Waals surface area contributed by atoms with Gasteiger partial charge in [0.15, 0.2) is 0 Å². The van der Waals surface area contributed by atoms with Gasteiger partial charge >= 0.3 is 0 Å². The van der Waals surface area contributed by atoms with Crippen LogP contribution in [0.1, 0.15) is 9.67 Å². The number of nitrogens with zero attached hydrogens (tertiary/aromatic N) is 2. The molecule has 2 N–H and O–H groups in total. The highest BCUT2D eigenvalue weighted by molar-refractivity contribution is 7.99. The minimum atomic E-state index is -0.484. The number of hydrogen-bond acceptors (Lipinski definition) is 7. The second kappa shape index (κ2) is 9.05. The Labute approximate surface area is 188 Å². The summed E-state index contributed by atoms with van der Waals surface area (Å²) in [6, 6.07) is 14.4. The third kappa shape index (κ3) is 4.59. The molecule has 2 aromatic carbocycles. The second-order valence-corrected chi connectivity index (χ2v) is 8.71. The van der Waals surface area contributed by atoms with Gasteiger partial charge in [0.1, 0.15) is 4.88 Å². The molecule has 0 aliphatic heterocycles. The van der Waals surface area contributed by atoms with Gasteiger partial charge in [0, 0.05) is 20.7 Å². The van der Waals surface area contributed by atoms with Crippen LogP contribution in [-0.4, -0.2) is 27.8 Å². The molecule has 2 heterocycles. The van der Waals surface area contributed by atoms with Gasteiger partial charge in [-0.2, -0.15) is 0 Å². The zero-order valence-corrected chi connectivity index (χ0v) is 18.2. The molecule has 7 nitrogen and oxygen atoms in total. The largest absolute Gasteiger partial charge is 0.411 e. The number of hydrazine groups is 1. The van der Waals surface area contributed by atoms with Crippen LogP contribution in [-0.2, 0) is 4.79 Å². The van der Waals surface area contributed by atoms with Crippen LogP contribution in [0.4, 0.5) is 0 Å². The van der Waals surface area contributed by atoms with Crippen molar-refractivity contribution < 1.29 is 14.0 Å². The highest BCUT2D eigenvalue weighted by atomic mass is 35.5. The molecule has 0 aliphatic carbocycles. The Balaban J connectivity index is 1.30. The molecule has 0 spiro atoms. The molecular weight excluding hydrogens is 467 g/mol. The summed E-state index contributed by atoms with van der Waals surface area (Å²) >= 11 is 14.4. The fraction of sp³-hybridized carbons (Fsp3) is 0.0526. The quantitative estimate of drug-likeness (QED) is 0.315. The molecule has 30 heavy (non-hydrogen) atoms. The maximum Gasteiger partial charge on any atom is 0.281 e. The van der Waals surface area contributed by atoms with Gasteiger partial charge in [0.05, 0.1) is 10.8 Å². The van der Waals surface area contributed by atoms with Crippen molar-refractivity contribution in [3.8, 4) is 11.5 Å². The number of thiophene rings is 1. The van der Waals surface area contributed by atoms with E-state index < -0.39 is 11.8 Å². The third-order valence-corrected chi connectivity index (χ3v) is 6.63. The Morgan fingerprint density at radius 2 is 1.80 bits per heavy atom. The Morgan fingerprint density at radius 3 is 2.57 bits per heavy atom. The number of thioether (sulfide) groups is 1. The summed E-state index contributed by atoms with van der Waals surface area (Å²) in [4.78, 5) is 24.7. The van der Waals surface area contributed by atoms with E-state index in [9.17, 15) is 9.59 Å². The number of amides is 2. The summed E-state index contributed by atoms with van der Waals surface area (Å²) in [7, 11) is 0. The molecular formula is C19H12Cl2N4O3S2. The van der Waals surface area contributed by atoms with Crippen molar-refractivity contribution in [1.29, 1.82) is 0 Å². The van der Waals surface area contributed by atoms with Crippen LogP contribution in [0.3, 0.4) is 0 Å². The SMILES string of the molecule is O=C(CSc1nnc(-c2ccc(Cl)cc2)o1)NNC(=O)c1sc2ccccc2c1Cl.